The minimum absolute atomic E-state index is 0.117. The van der Waals surface area contributed by atoms with Gasteiger partial charge in [-0.25, -0.2) is 0 Å². The molecule has 1 saturated heterocycles. The van der Waals surface area contributed by atoms with E-state index in [0.717, 1.165) is 43.7 Å². The number of ether oxygens (including phenoxy) is 2. The van der Waals surface area contributed by atoms with Crippen LogP contribution < -0.4 is 10.1 Å². The van der Waals surface area contributed by atoms with Crippen molar-refractivity contribution in [1.82, 2.24) is 10.2 Å². The van der Waals surface area contributed by atoms with E-state index in [4.69, 9.17) is 21.1 Å². The van der Waals surface area contributed by atoms with Gasteiger partial charge in [0, 0.05) is 24.7 Å². The van der Waals surface area contributed by atoms with Crippen LogP contribution >= 0.6 is 27.5 Å². The zero-order valence-corrected chi connectivity index (χ0v) is 15.5. The average molecular weight is 406 g/mol. The topological polar surface area (TPSA) is 50.8 Å². The predicted octanol–water partition coefficient (Wildman–Crippen LogP) is 2.71. The summed E-state index contributed by atoms with van der Waals surface area (Å²) in [4.78, 5) is 14.4. The van der Waals surface area contributed by atoms with Gasteiger partial charge in [0.25, 0.3) is 5.91 Å². The monoisotopic (exact) mass is 404 g/mol. The van der Waals surface area contributed by atoms with Crippen LogP contribution in [0.2, 0.25) is 5.02 Å². The smallest absolute Gasteiger partial charge is 0.260 e. The third kappa shape index (κ3) is 6.30. The summed E-state index contributed by atoms with van der Waals surface area (Å²) >= 11 is 9.26. The predicted molar refractivity (Wildman–Crippen MR) is 94.1 cm³/mol. The highest BCUT2D eigenvalue weighted by atomic mass is 79.9. The summed E-state index contributed by atoms with van der Waals surface area (Å²) in [6.45, 7) is 6.89. The number of hydrogen-bond donors (Lipinski definition) is 1. The van der Waals surface area contributed by atoms with Gasteiger partial charge in [-0.2, -0.15) is 0 Å². The third-order valence-electron chi connectivity index (χ3n) is 3.62. The number of carbonyl (C=O) groups excluding carboxylic acids is 1. The Balaban J connectivity index is 1.68. The lowest BCUT2D eigenvalue weighted by Gasteiger charge is -2.26. The molecule has 5 nitrogen and oxygen atoms in total. The first kappa shape index (κ1) is 18.5. The second kappa shape index (κ2) is 9.47. The van der Waals surface area contributed by atoms with E-state index < -0.39 is 6.10 Å². The van der Waals surface area contributed by atoms with E-state index in [0.29, 0.717) is 17.3 Å². The summed E-state index contributed by atoms with van der Waals surface area (Å²) in [7, 11) is 0. The van der Waals surface area contributed by atoms with Gasteiger partial charge >= 0.3 is 0 Å². The van der Waals surface area contributed by atoms with Crippen molar-refractivity contribution >= 4 is 33.4 Å². The molecule has 23 heavy (non-hydrogen) atoms. The molecule has 1 amide bonds. The summed E-state index contributed by atoms with van der Waals surface area (Å²) < 4.78 is 11.7. The molecule has 1 fully saturated rings. The maximum absolute atomic E-state index is 12.1. The Bertz CT molecular complexity index is 524. The van der Waals surface area contributed by atoms with Crippen LogP contribution in [-0.4, -0.2) is 56.3 Å². The van der Waals surface area contributed by atoms with E-state index in [-0.39, 0.29) is 5.91 Å². The SMILES string of the molecule is CC(Oc1ccc(Cl)cc1Br)C(=O)NCCCN1CCOCC1. The van der Waals surface area contributed by atoms with Crippen LogP contribution in [0.15, 0.2) is 22.7 Å². The molecule has 0 radical (unpaired) electrons. The van der Waals surface area contributed by atoms with Crippen LogP contribution in [0.4, 0.5) is 0 Å². The molecule has 1 N–H and O–H groups in total. The van der Waals surface area contributed by atoms with E-state index >= 15 is 0 Å². The molecule has 1 heterocycles. The highest BCUT2D eigenvalue weighted by Gasteiger charge is 2.16. The molecule has 0 spiro atoms. The van der Waals surface area contributed by atoms with E-state index in [1.54, 1.807) is 25.1 Å². The van der Waals surface area contributed by atoms with Crippen LogP contribution in [-0.2, 0) is 9.53 Å². The summed E-state index contributed by atoms with van der Waals surface area (Å²) in [5.74, 6) is 0.485. The molecule has 2 rings (SSSR count). The van der Waals surface area contributed by atoms with E-state index in [9.17, 15) is 4.79 Å². The van der Waals surface area contributed by atoms with Crippen LogP contribution in [0.5, 0.6) is 5.75 Å². The molecule has 0 bridgehead atoms. The van der Waals surface area contributed by atoms with Gasteiger partial charge in [0.1, 0.15) is 5.75 Å². The van der Waals surface area contributed by atoms with E-state index in [1.165, 1.54) is 0 Å². The van der Waals surface area contributed by atoms with Gasteiger partial charge in [-0.05, 0) is 54.0 Å². The number of benzene rings is 1. The Morgan fingerprint density at radius 1 is 1.48 bits per heavy atom. The normalized spacial score (nSPS) is 16.8. The second-order valence-electron chi connectivity index (χ2n) is 5.43. The minimum atomic E-state index is -0.559. The number of hydrogen-bond acceptors (Lipinski definition) is 4. The molecule has 1 aliphatic heterocycles. The molecule has 1 aromatic rings. The number of rotatable bonds is 7. The standard InChI is InChI=1S/C16H22BrClN2O3/c1-12(23-15-4-3-13(18)11-14(15)17)16(21)19-5-2-6-20-7-9-22-10-8-20/h3-4,11-12H,2,5-10H2,1H3,(H,19,21). The Hall–Kier alpha value is -0.820. The van der Waals surface area contributed by atoms with Gasteiger partial charge in [-0.3, -0.25) is 9.69 Å². The van der Waals surface area contributed by atoms with Gasteiger partial charge in [-0.15, -0.1) is 0 Å². The molecule has 0 saturated carbocycles. The summed E-state index contributed by atoms with van der Waals surface area (Å²) in [6.07, 6.45) is 0.360. The quantitative estimate of drug-likeness (QED) is 0.709. The maximum atomic E-state index is 12.1. The van der Waals surface area contributed by atoms with Gasteiger partial charge in [0.15, 0.2) is 6.10 Å². The first-order valence-corrected chi connectivity index (χ1v) is 8.93. The molecule has 0 aliphatic carbocycles. The van der Waals surface area contributed by atoms with Gasteiger partial charge in [0.2, 0.25) is 0 Å². The molecule has 128 valence electrons. The van der Waals surface area contributed by atoms with Gasteiger partial charge in [-0.1, -0.05) is 11.6 Å². The van der Waals surface area contributed by atoms with Crippen LogP contribution in [0.25, 0.3) is 0 Å². The Labute approximate surface area is 150 Å². The molecular formula is C16H22BrClN2O3. The van der Waals surface area contributed by atoms with E-state index in [2.05, 4.69) is 26.1 Å². The highest BCUT2D eigenvalue weighted by molar-refractivity contribution is 9.10. The minimum Gasteiger partial charge on any atom is -0.480 e. The number of nitrogens with zero attached hydrogens (tertiary/aromatic N) is 1. The average Bonchev–Trinajstić information content (AvgIpc) is 2.55. The summed E-state index contributed by atoms with van der Waals surface area (Å²) in [5.41, 5.74) is 0. The summed E-state index contributed by atoms with van der Waals surface area (Å²) in [6, 6.07) is 5.22. The lowest BCUT2D eigenvalue weighted by molar-refractivity contribution is -0.127. The number of amides is 1. The fraction of sp³-hybridized carbons (Fsp3) is 0.562. The number of halogens is 2. The first-order chi connectivity index (χ1) is 11.1. The zero-order chi connectivity index (χ0) is 16.7. The van der Waals surface area contributed by atoms with Crippen molar-refractivity contribution in [3.63, 3.8) is 0 Å². The number of carbonyl (C=O) groups is 1. The van der Waals surface area contributed by atoms with E-state index in [1.807, 2.05) is 0 Å². The fourth-order valence-corrected chi connectivity index (χ4v) is 3.07. The zero-order valence-electron chi connectivity index (χ0n) is 13.2. The summed E-state index contributed by atoms with van der Waals surface area (Å²) in [5, 5.41) is 3.53. The highest BCUT2D eigenvalue weighted by Crippen LogP contribution is 2.28. The molecule has 7 heteroatoms. The van der Waals surface area contributed by atoms with Crippen molar-refractivity contribution in [1.29, 1.82) is 0 Å². The number of nitrogens with one attached hydrogen (secondary N) is 1. The molecule has 1 aromatic carbocycles. The lowest BCUT2D eigenvalue weighted by Crippen LogP contribution is -2.40. The molecule has 0 aromatic heterocycles. The van der Waals surface area contributed by atoms with Gasteiger partial charge < -0.3 is 14.8 Å². The van der Waals surface area contributed by atoms with Crippen molar-refractivity contribution in [2.45, 2.75) is 19.4 Å². The van der Waals surface area contributed by atoms with Crippen molar-refractivity contribution in [3.05, 3.63) is 27.7 Å². The van der Waals surface area contributed by atoms with Crippen LogP contribution in [0.1, 0.15) is 13.3 Å². The molecular weight excluding hydrogens is 384 g/mol. The lowest BCUT2D eigenvalue weighted by atomic mass is 10.3. The Morgan fingerprint density at radius 3 is 2.91 bits per heavy atom. The fourth-order valence-electron chi connectivity index (χ4n) is 2.30. The number of morpholine rings is 1. The maximum Gasteiger partial charge on any atom is 0.260 e. The Morgan fingerprint density at radius 2 is 2.22 bits per heavy atom. The molecule has 1 aliphatic rings. The van der Waals surface area contributed by atoms with Crippen molar-refractivity contribution in [2.24, 2.45) is 0 Å². The van der Waals surface area contributed by atoms with Crippen LogP contribution in [0, 0.1) is 0 Å². The van der Waals surface area contributed by atoms with Gasteiger partial charge in [0.05, 0.1) is 17.7 Å². The van der Waals surface area contributed by atoms with Crippen molar-refractivity contribution in [2.75, 3.05) is 39.4 Å². The van der Waals surface area contributed by atoms with Crippen LogP contribution in [0.3, 0.4) is 0 Å². The second-order valence-corrected chi connectivity index (χ2v) is 6.72. The largest absolute Gasteiger partial charge is 0.480 e. The Kier molecular flexibility index (Phi) is 7.62. The third-order valence-corrected chi connectivity index (χ3v) is 4.48. The van der Waals surface area contributed by atoms with Crippen molar-refractivity contribution in [3.8, 4) is 5.75 Å². The molecule has 1 atom stereocenters. The first-order valence-electron chi connectivity index (χ1n) is 7.76. The molecule has 1 unspecified atom stereocenters. The van der Waals surface area contributed by atoms with Crippen molar-refractivity contribution < 1.29 is 14.3 Å².